The van der Waals surface area contributed by atoms with Crippen LogP contribution in [0.25, 0.3) is 0 Å². The number of ketones is 1. The number of carbonyl (C=O) groups is 2. The predicted molar refractivity (Wildman–Crippen MR) is 123 cm³/mol. The van der Waals surface area contributed by atoms with Crippen LogP contribution in [-0.4, -0.2) is 12.1 Å². The minimum Gasteiger partial charge on any atom is -0.298 e. The second kappa shape index (κ2) is 8.06. The first-order chi connectivity index (χ1) is 14.2. The van der Waals surface area contributed by atoms with Gasteiger partial charge in [-0.05, 0) is 124 Å². The van der Waals surface area contributed by atoms with Crippen molar-refractivity contribution in [1.29, 1.82) is 0 Å². The molecule has 0 aromatic heterocycles. The fraction of sp³-hybridized carbons (Fsp3) is 0.786. The number of carbonyl (C=O) groups excluding carboxylic acids is 2. The zero-order valence-electron chi connectivity index (χ0n) is 19.9. The molecule has 4 aliphatic rings. The minimum absolute atomic E-state index is 0.100. The van der Waals surface area contributed by atoms with Gasteiger partial charge in [0, 0.05) is 5.41 Å². The van der Waals surface area contributed by atoms with E-state index in [1.807, 2.05) is 13.0 Å². The maximum Gasteiger partial charge on any atom is 0.161 e. The molecule has 8 atom stereocenters. The number of allylic oxidation sites excluding steroid dienone is 4. The minimum atomic E-state index is -0.100. The summed E-state index contributed by atoms with van der Waals surface area (Å²) in [4.78, 5) is 24.1. The normalized spacial score (nSPS) is 44.6. The lowest BCUT2D eigenvalue weighted by atomic mass is 9.45. The molecule has 2 heteroatoms. The number of rotatable bonds is 5. The highest BCUT2D eigenvalue weighted by molar-refractivity contribution is 5.96. The molecule has 0 spiro atoms. The van der Waals surface area contributed by atoms with Crippen molar-refractivity contribution in [1.82, 2.24) is 0 Å². The maximum absolute atomic E-state index is 13.1. The van der Waals surface area contributed by atoms with Crippen LogP contribution in [0.5, 0.6) is 0 Å². The van der Waals surface area contributed by atoms with Crippen molar-refractivity contribution in [2.24, 2.45) is 46.3 Å². The highest BCUT2D eigenvalue weighted by atomic mass is 16.1. The summed E-state index contributed by atoms with van der Waals surface area (Å²) in [6.45, 7) is 11.4. The van der Waals surface area contributed by atoms with Gasteiger partial charge < -0.3 is 0 Å². The third kappa shape index (κ3) is 3.28. The lowest BCUT2D eigenvalue weighted by molar-refractivity contribution is -0.147. The van der Waals surface area contributed by atoms with Crippen LogP contribution in [0.15, 0.2) is 23.3 Å². The summed E-state index contributed by atoms with van der Waals surface area (Å²) < 4.78 is 0. The van der Waals surface area contributed by atoms with Crippen LogP contribution < -0.4 is 0 Å². The van der Waals surface area contributed by atoms with Crippen LogP contribution >= 0.6 is 0 Å². The van der Waals surface area contributed by atoms with E-state index in [2.05, 4.69) is 33.8 Å². The zero-order valence-corrected chi connectivity index (χ0v) is 19.9. The summed E-state index contributed by atoms with van der Waals surface area (Å²) in [5.41, 5.74) is 2.51. The SMILES string of the molecule is CC(C=O)=C(C)CC[C@@H](C)[C@H]1CC[C@H]2[C@@H]3CCC4CC=CC(=O)[C@]4(C)[C@H]3CC[C@]12C. The predicted octanol–water partition coefficient (Wildman–Crippen LogP) is 6.94. The van der Waals surface area contributed by atoms with E-state index in [9.17, 15) is 9.59 Å². The summed E-state index contributed by atoms with van der Waals surface area (Å²) in [7, 11) is 0. The highest BCUT2D eigenvalue weighted by Gasteiger charge is 2.61. The number of aldehydes is 1. The van der Waals surface area contributed by atoms with Crippen molar-refractivity contribution >= 4 is 12.1 Å². The Hall–Kier alpha value is -1.18. The van der Waals surface area contributed by atoms with Gasteiger partial charge in [0.25, 0.3) is 0 Å². The maximum atomic E-state index is 13.1. The molecule has 4 aliphatic carbocycles. The van der Waals surface area contributed by atoms with E-state index in [4.69, 9.17) is 0 Å². The van der Waals surface area contributed by atoms with E-state index in [0.29, 0.717) is 29.0 Å². The third-order valence-electron chi connectivity index (χ3n) is 10.7. The van der Waals surface area contributed by atoms with Crippen LogP contribution in [0.4, 0.5) is 0 Å². The Labute approximate surface area is 184 Å². The molecule has 3 saturated carbocycles. The van der Waals surface area contributed by atoms with Gasteiger partial charge in [-0.3, -0.25) is 9.59 Å². The topological polar surface area (TPSA) is 34.1 Å². The third-order valence-corrected chi connectivity index (χ3v) is 10.7. The fourth-order valence-corrected chi connectivity index (χ4v) is 8.61. The molecule has 4 rings (SSSR count). The van der Waals surface area contributed by atoms with Gasteiger partial charge in [0.1, 0.15) is 6.29 Å². The average molecular weight is 411 g/mol. The molecular formula is C28H42O2. The van der Waals surface area contributed by atoms with Crippen LogP contribution in [0.2, 0.25) is 0 Å². The summed E-state index contributed by atoms with van der Waals surface area (Å²) in [6, 6.07) is 0. The van der Waals surface area contributed by atoms with E-state index in [1.165, 1.54) is 50.5 Å². The fourth-order valence-electron chi connectivity index (χ4n) is 8.61. The van der Waals surface area contributed by atoms with Crippen molar-refractivity contribution in [2.45, 2.75) is 92.4 Å². The Balaban J connectivity index is 1.51. The van der Waals surface area contributed by atoms with Crippen molar-refractivity contribution in [3.05, 3.63) is 23.3 Å². The van der Waals surface area contributed by atoms with Crippen molar-refractivity contribution in [3.8, 4) is 0 Å². The molecule has 0 aromatic rings. The first kappa shape index (κ1) is 22.0. The first-order valence-electron chi connectivity index (χ1n) is 12.6. The van der Waals surface area contributed by atoms with E-state index < -0.39 is 0 Å². The van der Waals surface area contributed by atoms with Gasteiger partial charge in [0.05, 0.1) is 0 Å². The Bertz CT molecular complexity index is 761. The van der Waals surface area contributed by atoms with Crippen LogP contribution in [-0.2, 0) is 9.59 Å². The van der Waals surface area contributed by atoms with Gasteiger partial charge in [0.15, 0.2) is 5.78 Å². The van der Waals surface area contributed by atoms with Crippen LogP contribution in [0, 0.1) is 46.3 Å². The summed E-state index contributed by atoms with van der Waals surface area (Å²) >= 11 is 0. The smallest absolute Gasteiger partial charge is 0.161 e. The monoisotopic (exact) mass is 410 g/mol. The van der Waals surface area contributed by atoms with Crippen molar-refractivity contribution in [3.63, 3.8) is 0 Å². The van der Waals surface area contributed by atoms with Gasteiger partial charge >= 0.3 is 0 Å². The Morgan fingerprint density at radius 2 is 1.90 bits per heavy atom. The molecule has 0 N–H and O–H groups in total. The Morgan fingerprint density at radius 1 is 1.13 bits per heavy atom. The van der Waals surface area contributed by atoms with E-state index >= 15 is 0 Å². The molecule has 3 fully saturated rings. The zero-order chi connectivity index (χ0) is 21.7. The summed E-state index contributed by atoms with van der Waals surface area (Å²) in [5, 5.41) is 0. The molecule has 166 valence electrons. The number of hydrogen-bond acceptors (Lipinski definition) is 2. The molecule has 0 saturated heterocycles. The van der Waals surface area contributed by atoms with Crippen molar-refractivity contribution in [2.75, 3.05) is 0 Å². The molecule has 0 radical (unpaired) electrons. The molecule has 0 bridgehead atoms. The van der Waals surface area contributed by atoms with Crippen LogP contribution in [0.1, 0.15) is 92.4 Å². The van der Waals surface area contributed by atoms with Crippen molar-refractivity contribution < 1.29 is 9.59 Å². The Morgan fingerprint density at radius 3 is 2.63 bits per heavy atom. The van der Waals surface area contributed by atoms with Gasteiger partial charge in [-0.15, -0.1) is 0 Å². The molecule has 0 heterocycles. The molecule has 0 aromatic carbocycles. The van der Waals surface area contributed by atoms with E-state index in [0.717, 1.165) is 42.5 Å². The first-order valence-corrected chi connectivity index (χ1v) is 12.6. The largest absolute Gasteiger partial charge is 0.298 e. The second-order valence-electron chi connectivity index (χ2n) is 11.8. The average Bonchev–Trinajstić information content (AvgIpc) is 3.09. The number of fused-ring (bicyclic) bond motifs is 5. The quantitative estimate of drug-likeness (QED) is 0.363. The van der Waals surface area contributed by atoms with Gasteiger partial charge in [-0.25, -0.2) is 0 Å². The second-order valence-corrected chi connectivity index (χ2v) is 11.8. The molecule has 2 nitrogen and oxygen atoms in total. The standard InChI is InChI=1S/C28H42O2/c1-18(20(3)17-29)9-10-19(2)23-13-14-24-22-12-11-21-7-6-8-26(30)28(21,5)25(22)15-16-27(23,24)4/h6,8,17,19,21-25H,7,9-16H2,1-5H3/t19-,21?,22+,23-,24+,25+,27-,28+/m1/s1. The molecule has 30 heavy (non-hydrogen) atoms. The summed E-state index contributed by atoms with van der Waals surface area (Å²) in [6.07, 6.45) is 16.3. The number of hydrogen-bond donors (Lipinski definition) is 0. The Kier molecular flexibility index (Phi) is 5.92. The summed E-state index contributed by atoms with van der Waals surface area (Å²) in [5.74, 6) is 4.64. The molecule has 0 amide bonds. The molecule has 1 unspecified atom stereocenters. The molecule has 0 aliphatic heterocycles. The van der Waals surface area contributed by atoms with Gasteiger partial charge in [0.2, 0.25) is 0 Å². The highest BCUT2D eigenvalue weighted by Crippen LogP contribution is 2.67. The van der Waals surface area contributed by atoms with Crippen LogP contribution in [0.3, 0.4) is 0 Å². The molecular weight excluding hydrogens is 368 g/mol. The van der Waals surface area contributed by atoms with E-state index in [-0.39, 0.29) is 5.41 Å². The van der Waals surface area contributed by atoms with Gasteiger partial charge in [-0.1, -0.05) is 32.4 Å². The lowest BCUT2D eigenvalue weighted by Crippen LogP contribution is -2.55. The lowest BCUT2D eigenvalue weighted by Gasteiger charge is -2.59. The van der Waals surface area contributed by atoms with Gasteiger partial charge in [-0.2, -0.15) is 0 Å². The van der Waals surface area contributed by atoms with E-state index in [1.54, 1.807) is 0 Å².